The van der Waals surface area contributed by atoms with Crippen LogP contribution in [0.1, 0.15) is 18.4 Å². The highest BCUT2D eigenvalue weighted by atomic mass is 16.5. The van der Waals surface area contributed by atoms with Crippen LogP contribution in [0.25, 0.3) is 11.2 Å². The number of hydrogen-bond acceptors (Lipinski definition) is 8. The van der Waals surface area contributed by atoms with Crippen molar-refractivity contribution in [3.05, 3.63) is 36.2 Å². The third-order valence-electron chi connectivity index (χ3n) is 7.83. The van der Waals surface area contributed by atoms with Crippen LogP contribution in [0.2, 0.25) is 0 Å². The predicted octanol–water partition coefficient (Wildman–Crippen LogP) is 2.92. The molecule has 0 radical (unpaired) electrons. The first-order chi connectivity index (χ1) is 17.1. The first-order valence-corrected chi connectivity index (χ1v) is 12.4. The molecule has 1 aliphatic carbocycles. The molecule has 10 heteroatoms. The Morgan fingerprint density at radius 1 is 1.11 bits per heavy atom. The lowest BCUT2D eigenvalue weighted by molar-refractivity contribution is -0.0323. The van der Waals surface area contributed by atoms with E-state index in [1.165, 1.54) is 16.6 Å². The van der Waals surface area contributed by atoms with Gasteiger partial charge in [0.2, 0.25) is 0 Å². The smallest absolute Gasteiger partial charge is 0.328 e. The second kappa shape index (κ2) is 8.10. The van der Waals surface area contributed by atoms with Gasteiger partial charge in [-0.1, -0.05) is 0 Å². The summed E-state index contributed by atoms with van der Waals surface area (Å²) in [5.74, 6) is 1.85. The van der Waals surface area contributed by atoms with E-state index in [9.17, 15) is 4.79 Å². The summed E-state index contributed by atoms with van der Waals surface area (Å²) in [7, 11) is 1.85. The number of carbonyl (C=O) groups excluding carboxylic acids is 1. The molecule has 4 bridgehead atoms. The Kier molecular flexibility index (Phi) is 4.85. The fourth-order valence-corrected chi connectivity index (χ4v) is 5.72. The fourth-order valence-electron chi connectivity index (χ4n) is 5.72. The standard InChI is InChI=1S/C25H29N7O3/c1-26-20-7-22-28-17-4-14(5-18(6-17)31-8-15-11-34-12-16(15)9-31)10-35-21-3-2-19(21)29-25(33)32-13-27-23(20)24(32)30-22/h4-7,13,15-16,19,21H,2-3,8-12H2,1H3,(H,29,33)(H2,26,28,30)/t15?,16?,19-,21-/m1/s1. The maximum Gasteiger partial charge on any atom is 0.328 e. The Morgan fingerprint density at radius 3 is 2.74 bits per heavy atom. The molecule has 2 unspecified atom stereocenters. The van der Waals surface area contributed by atoms with Crippen molar-refractivity contribution in [2.24, 2.45) is 11.8 Å². The predicted molar refractivity (Wildman–Crippen MR) is 132 cm³/mol. The highest BCUT2D eigenvalue weighted by Crippen LogP contribution is 2.36. The number of nitrogens with zero attached hydrogens (tertiary/aromatic N) is 4. The van der Waals surface area contributed by atoms with Gasteiger partial charge in [0.1, 0.15) is 17.7 Å². The summed E-state index contributed by atoms with van der Waals surface area (Å²) in [6, 6.07) is 8.21. The van der Waals surface area contributed by atoms with E-state index in [0.29, 0.717) is 35.4 Å². The minimum absolute atomic E-state index is 0.00331. The summed E-state index contributed by atoms with van der Waals surface area (Å²) < 4.78 is 13.4. The number of imidazole rings is 1. The van der Waals surface area contributed by atoms with Crippen molar-refractivity contribution < 1.29 is 14.3 Å². The number of fused-ring (bicyclic) bond motifs is 5. The third-order valence-corrected chi connectivity index (χ3v) is 7.83. The van der Waals surface area contributed by atoms with Crippen molar-refractivity contribution in [3.63, 3.8) is 0 Å². The van der Waals surface area contributed by atoms with Crippen LogP contribution >= 0.6 is 0 Å². The SMILES string of the molecule is CNc1cc2nc3c1ncn3C(=O)N[C@@H]1CC[C@H]1OCc1cc(cc(N3CC4COCC4C3)c1)N2. The van der Waals surface area contributed by atoms with Gasteiger partial charge >= 0.3 is 6.03 Å². The number of ether oxygens (including phenoxy) is 2. The number of aromatic nitrogens is 3. The van der Waals surface area contributed by atoms with Crippen molar-refractivity contribution in [2.45, 2.75) is 31.6 Å². The maximum absolute atomic E-state index is 13.1. The van der Waals surface area contributed by atoms with Gasteiger partial charge in [0, 0.05) is 49.4 Å². The molecule has 7 rings (SSSR count). The van der Waals surface area contributed by atoms with Gasteiger partial charge in [-0.15, -0.1) is 0 Å². The number of amides is 1. The topological polar surface area (TPSA) is 106 Å². The molecule has 3 aromatic rings. The van der Waals surface area contributed by atoms with Crippen LogP contribution in [0.5, 0.6) is 0 Å². The van der Waals surface area contributed by atoms with E-state index < -0.39 is 0 Å². The molecule has 1 aromatic carbocycles. The number of carbonyl (C=O) groups is 1. The highest BCUT2D eigenvalue weighted by Gasteiger charge is 2.37. The Morgan fingerprint density at radius 2 is 1.97 bits per heavy atom. The zero-order valence-corrected chi connectivity index (χ0v) is 19.7. The van der Waals surface area contributed by atoms with E-state index in [-0.39, 0.29) is 18.2 Å². The number of benzene rings is 1. The van der Waals surface area contributed by atoms with Gasteiger partial charge in [0.05, 0.1) is 37.7 Å². The Labute approximate surface area is 203 Å². The van der Waals surface area contributed by atoms with Gasteiger partial charge in [0.15, 0.2) is 5.65 Å². The van der Waals surface area contributed by atoms with Crippen molar-refractivity contribution in [3.8, 4) is 0 Å². The van der Waals surface area contributed by atoms with Gasteiger partial charge in [-0.25, -0.2) is 19.3 Å². The number of hydrogen-bond donors (Lipinski definition) is 3. The van der Waals surface area contributed by atoms with Crippen LogP contribution in [0.4, 0.5) is 27.7 Å². The summed E-state index contributed by atoms with van der Waals surface area (Å²) in [4.78, 5) is 24.8. The molecule has 182 valence electrons. The average Bonchev–Trinajstić information content (AvgIpc) is 3.55. The lowest BCUT2D eigenvalue weighted by Crippen LogP contribution is -2.52. The second-order valence-electron chi connectivity index (χ2n) is 10.1. The molecule has 1 amide bonds. The first-order valence-electron chi connectivity index (χ1n) is 12.4. The van der Waals surface area contributed by atoms with E-state index >= 15 is 0 Å². The lowest BCUT2D eigenvalue weighted by Gasteiger charge is -2.37. The molecular weight excluding hydrogens is 446 g/mol. The largest absolute Gasteiger partial charge is 0.386 e. The van der Waals surface area contributed by atoms with Crippen LogP contribution < -0.4 is 20.9 Å². The van der Waals surface area contributed by atoms with Crippen LogP contribution in [-0.4, -0.2) is 66.1 Å². The number of rotatable bonds is 2. The van der Waals surface area contributed by atoms with Crippen molar-refractivity contribution >= 4 is 40.1 Å². The molecule has 3 N–H and O–H groups in total. The van der Waals surface area contributed by atoms with Crippen LogP contribution in [0.15, 0.2) is 30.6 Å². The molecule has 4 aliphatic rings. The van der Waals surface area contributed by atoms with E-state index in [0.717, 1.165) is 56.1 Å². The minimum Gasteiger partial charge on any atom is -0.386 e. The lowest BCUT2D eigenvalue weighted by atomic mass is 9.89. The average molecular weight is 476 g/mol. The van der Waals surface area contributed by atoms with E-state index in [1.807, 2.05) is 13.1 Å². The Bertz CT molecular complexity index is 1300. The minimum atomic E-state index is -0.237. The maximum atomic E-state index is 13.1. The molecule has 4 atom stereocenters. The number of nitrogens with one attached hydrogen (secondary N) is 3. The quantitative estimate of drug-likeness (QED) is 0.520. The monoisotopic (exact) mass is 475 g/mol. The summed E-state index contributed by atoms with van der Waals surface area (Å²) in [6.07, 6.45) is 3.36. The van der Waals surface area contributed by atoms with Crippen molar-refractivity contribution in [2.75, 3.05) is 48.9 Å². The van der Waals surface area contributed by atoms with Gasteiger partial charge in [-0.3, -0.25) is 0 Å². The molecule has 5 heterocycles. The van der Waals surface area contributed by atoms with Gasteiger partial charge in [0.25, 0.3) is 0 Å². The van der Waals surface area contributed by atoms with E-state index in [2.05, 4.69) is 44.0 Å². The first kappa shape index (κ1) is 21.0. The molecule has 3 aliphatic heterocycles. The van der Waals surface area contributed by atoms with E-state index in [1.54, 1.807) is 0 Å². The van der Waals surface area contributed by atoms with E-state index in [4.69, 9.17) is 14.5 Å². The number of anilines is 4. The van der Waals surface area contributed by atoms with Gasteiger partial charge < -0.3 is 30.3 Å². The second-order valence-corrected chi connectivity index (χ2v) is 10.1. The molecule has 35 heavy (non-hydrogen) atoms. The van der Waals surface area contributed by atoms with Crippen LogP contribution in [0, 0.1) is 11.8 Å². The summed E-state index contributed by atoms with van der Waals surface area (Å²) >= 11 is 0. The molecule has 1 saturated carbocycles. The summed E-state index contributed by atoms with van der Waals surface area (Å²) in [5.41, 5.74) is 5.21. The molecule has 0 spiro atoms. The zero-order valence-electron chi connectivity index (χ0n) is 19.7. The van der Waals surface area contributed by atoms with Gasteiger partial charge in [-0.05, 0) is 36.6 Å². The molecule has 3 fully saturated rings. The normalized spacial score (nSPS) is 27.6. The van der Waals surface area contributed by atoms with Crippen molar-refractivity contribution in [1.29, 1.82) is 0 Å². The Hall–Kier alpha value is -3.37. The van der Waals surface area contributed by atoms with Crippen LogP contribution in [-0.2, 0) is 16.1 Å². The van der Waals surface area contributed by atoms with Gasteiger partial charge in [-0.2, -0.15) is 0 Å². The number of pyridine rings is 1. The fraction of sp³-hybridized carbons (Fsp3) is 0.480. The summed E-state index contributed by atoms with van der Waals surface area (Å²) in [6.45, 7) is 4.23. The zero-order chi connectivity index (χ0) is 23.5. The summed E-state index contributed by atoms with van der Waals surface area (Å²) in [5, 5.41) is 9.78. The highest BCUT2D eigenvalue weighted by molar-refractivity contribution is 5.94. The molecule has 10 nitrogen and oxygen atoms in total. The van der Waals surface area contributed by atoms with Crippen LogP contribution in [0.3, 0.4) is 0 Å². The Balaban J connectivity index is 1.31. The third kappa shape index (κ3) is 3.59. The molecule has 2 saturated heterocycles. The molecular formula is C25H29N7O3. The molecule has 2 aromatic heterocycles. The van der Waals surface area contributed by atoms with Crippen molar-refractivity contribution in [1.82, 2.24) is 19.9 Å².